The Balaban J connectivity index is 2.22. The fraction of sp³-hybridized carbons (Fsp3) is 0. The second kappa shape index (κ2) is 4.64. The number of hydrogen-bond donors (Lipinski definition) is 1. The Kier molecular flexibility index (Phi) is 3.13. The molecular formula is C13H8Br2N2S. The van der Waals surface area contributed by atoms with Crippen molar-refractivity contribution in [2.45, 2.75) is 0 Å². The number of nitrogen functional groups attached to an aromatic ring is 1. The molecule has 2 aromatic carbocycles. The minimum Gasteiger partial charge on any atom is -0.399 e. The average Bonchev–Trinajstić information content (AvgIpc) is 2.74. The Morgan fingerprint density at radius 1 is 1.06 bits per heavy atom. The molecule has 0 saturated heterocycles. The van der Waals surface area contributed by atoms with E-state index in [4.69, 9.17) is 5.73 Å². The van der Waals surface area contributed by atoms with Crippen LogP contribution in [0.15, 0.2) is 45.3 Å². The van der Waals surface area contributed by atoms with Crippen LogP contribution in [0.25, 0.3) is 20.8 Å². The van der Waals surface area contributed by atoms with Gasteiger partial charge in [0.15, 0.2) is 0 Å². The van der Waals surface area contributed by atoms with Crippen LogP contribution in [0.3, 0.4) is 0 Å². The molecule has 0 atom stereocenters. The molecule has 0 aliphatic carbocycles. The fourth-order valence-corrected chi connectivity index (χ4v) is 3.69. The first-order valence-corrected chi connectivity index (χ1v) is 7.65. The minimum absolute atomic E-state index is 0.769. The van der Waals surface area contributed by atoms with Gasteiger partial charge in [0.2, 0.25) is 0 Å². The number of fused-ring (bicyclic) bond motifs is 1. The van der Waals surface area contributed by atoms with Crippen molar-refractivity contribution < 1.29 is 0 Å². The lowest BCUT2D eigenvalue weighted by molar-refractivity contribution is 1.46. The molecule has 2 nitrogen and oxygen atoms in total. The molecule has 0 saturated carbocycles. The quantitative estimate of drug-likeness (QED) is 0.595. The summed E-state index contributed by atoms with van der Waals surface area (Å²) in [5, 5.41) is 0.990. The van der Waals surface area contributed by atoms with Gasteiger partial charge in [0, 0.05) is 20.2 Å². The van der Waals surface area contributed by atoms with Gasteiger partial charge >= 0.3 is 0 Å². The Morgan fingerprint density at radius 3 is 2.72 bits per heavy atom. The largest absolute Gasteiger partial charge is 0.399 e. The molecule has 0 fully saturated rings. The maximum atomic E-state index is 5.79. The molecule has 2 N–H and O–H groups in total. The maximum Gasteiger partial charge on any atom is 0.125 e. The van der Waals surface area contributed by atoms with Crippen molar-refractivity contribution in [3.05, 3.63) is 45.3 Å². The zero-order chi connectivity index (χ0) is 12.7. The molecule has 1 aromatic heterocycles. The van der Waals surface area contributed by atoms with Gasteiger partial charge in [0.25, 0.3) is 0 Å². The van der Waals surface area contributed by atoms with Gasteiger partial charge in [-0.25, -0.2) is 4.98 Å². The number of rotatable bonds is 1. The average molecular weight is 384 g/mol. The first-order chi connectivity index (χ1) is 8.63. The summed E-state index contributed by atoms with van der Waals surface area (Å²) in [6.45, 7) is 0. The van der Waals surface area contributed by atoms with Crippen molar-refractivity contribution in [1.29, 1.82) is 0 Å². The Morgan fingerprint density at radius 2 is 1.89 bits per heavy atom. The molecule has 3 rings (SSSR count). The van der Waals surface area contributed by atoms with Crippen LogP contribution in [-0.4, -0.2) is 4.98 Å². The summed E-state index contributed by atoms with van der Waals surface area (Å²) >= 11 is 8.69. The monoisotopic (exact) mass is 382 g/mol. The number of hydrogen-bond acceptors (Lipinski definition) is 3. The van der Waals surface area contributed by atoms with Crippen LogP contribution in [0.1, 0.15) is 0 Å². The molecule has 0 bridgehead atoms. The molecule has 90 valence electrons. The highest BCUT2D eigenvalue weighted by Gasteiger charge is 2.10. The molecule has 0 amide bonds. The second-order valence-electron chi connectivity index (χ2n) is 3.87. The predicted octanol–water partition coefficient (Wildman–Crippen LogP) is 5.07. The molecule has 1 heterocycles. The first kappa shape index (κ1) is 12.1. The van der Waals surface area contributed by atoms with Gasteiger partial charge < -0.3 is 5.73 Å². The van der Waals surface area contributed by atoms with Gasteiger partial charge in [-0.05, 0) is 36.4 Å². The zero-order valence-electron chi connectivity index (χ0n) is 9.15. The van der Waals surface area contributed by atoms with Gasteiger partial charge in [0.05, 0.1) is 10.2 Å². The van der Waals surface area contributed by atoms with Crippen LogP contribution in [0.5, 0.6) is 0 Å². The van der Waals surface area contributed by atoms with Crippen molar-refractivity contribution in [3.63, 3.8) is 0 Å². The molecular weight excluding hydrogens is 376 g/mol. The number of nitrogens with zero attached hydrogens (tertiary/aromatic N) is 1. The van der Waals surface area contributed by atoms with E-state index < -0.39 is 0 Å². The summed E-state index contributed by atoms with van der Waals surface area (Å²) in [4.78, 5) is 4.64. The SMILES string of the molecule is Nc1ccc2nc(-c3cc(Br)ccc3Br)sc2c1. The molecule has 0 spiro atoms. The first-order valence-electron chi connectivity index (χ1n) is 5.25. The van der Waals surface area contributed by atoms with E-state index in [1.807, 2.05) is 30.3 Å². The van der Waals surface area contributed by atoms with Crippen molar-refractivity contribution in [2.75, 3.05) is 5.73 Å². The van der Waals surface area contributed by atoms with E-state index in [-0.39, 0.29) is 0 Å². The lowest BCUT2D eigenvalue weighted by atomic mass is 10.2. The Labute approximate surface area is 125 Å². The van der Waals surface area contributed by atoms with E-state index in [0.29, 0.717) is 0 Å². The van der Waals surface area contributed by atoms with Crippen LogP contribution >= 0.6 is 43.2 Å². The standard InChI is InChI=1S/C13H8Br2N2S/c14-7-1-3-10(15)9(5-7)13-17-11-4-2-8(16)6-12(11)18-13/h1-6H,16H2. The third-order valence-electron chi connectivity index (χ3n) is 2.57. The van der Waals surface area contributed by atoms with Gasteiger partial charge in [-0.3, -0.25) is 0 Å². The van der Waals surface area contributed by atoms with Crippen molar-refractivity contribution >= 4 is 59.1 Å². The summed E-state index contributed by atoms with van der Waals surface area (Å²) in [5.74, 6) is 0. The summed E-state index contributed by atoms with van der Waals surface area (Å²) in [5.41, 5.74) is 8.63. The normalized spacial score (nSPS) is 11.0. The zero-order valence-corrected chi connectivity index (χ0v) is 13.1. The van der Waals surface area contributed by atoms with Crippen LogP contribution < -0.4 is 5.73 Å². The highest BCUT2D eigenvalue weighted by Crippen LogP contribution is 2.36. The molecule has 18 heavy (non-hydrogen) atoms. The Bertz CT molecular complexity index is 737. The second-order valence-corrected chi connectivity index (χ2v) is 6.67. The van der Waals surface area contributed by atoms with Crippen LogP contribution in [-0.2, 0) is 0 Å². The van der Waals surface area contributed by atoms with E-state index in [1.54, 1.807) is 11.3 Å². The van der Waals surface area contributed by atoms with Crippen molar-refractivity contribution in [3.8, 4) is 10.6 Å². The van der Waals surface area contributed by atoms with Gasteiger partial charge in [0.1, 0.15) is 5.01 Å². The number of thiazole rings is 1. The third kappa shape index (κ3) is 2.18. The van der Waals surface area contributed by atoms with Crippen LogP contribution in [0.4, 0.5) is 5.69 Å². The van der Waals surface area contributed by atoms with E-state index in [2.05, 4.69) is 42.9 Å². The minimum atomic E-state index is 0.769. The molecule has 0 radical (unpaired) electrons. The molecule has 3 aromatic rings. The van der Waals surface area contributed by atoms with E-state index in [9.17, 15) is 0 Å². The van der Waals surface area contributed by atoms with Crippen molar-refractivity contribution in [2.24, 2.45) is 0 Å². The smallest absolute Gasteiger partial charge is 0.125 e. The van der Waals surface area contributed by atoms with Crippen LogP contribution in [0.2, 0.25) is 0 Å². The predicted molar refractivity (Wildman–Crippen MR) is 84.9 cm³/mol. The number of benzene rings is 2. The lowest BCUT2D eigenvalue weighted by Crippen LogP contribution is -1.81. The summed E-state index contributed by atoms with van der Waals surface area (Å²) < 4.78 is 3.19. The molecule has 0 aliphatic heterocycles. The van der Waals surface area contributed by atoms with E-state index in [0.717, 1.165) is 35.4 Å². The lowest BCUT2D eigenvalue weighted by Gasteiger charge is -2.00. The number of nitrogens with two attached hydrogens (primary N) is 1. The number of aromatic nitrogens is 1. The molecule has 0 unspecified atom stereocenters. The number of halogens is 2. The van der Waals surface area contributed by atoms with E-state index >= 15 is 0 Å². The fourth-order valence-electron chi connectivity index (χ4n) is 1.72. The van der Waals surface area contributed by atoms with Gasteiger partial charge in [-0.15, -0.1) is 11.3 Å². The van der Waals surface area contributed by atoms with Gasteiger partial charge in [-0.1, -0.05) is 31.9 Å². The maximum absolute atomic E-state index is 5.79. The number of anilines is 1. The molecule has 5 heteroatoms. The topological polar surface area (TPSA) is 38.9 Å². The Hall–Kier alpha value is -0.910. The van der Waals surface area contributed by atoms with Crippen molar-refractivity contribution in [1.82, 2.24) is 4.98 Å². The molecule has 0 aliphatic rings. The third-order valence-corrected chi connectivity index (χ3v) is 4.81. The van der Waals surface area contributed by atoms with Crippen LogP contribution in [0, 0.1) is 0 Å². The summed E-state index contributed by atoms with van der Waals surface area (Å²) in [6.07, 6.45) is 0. The summed E-state index contributed by atoms with van der Waals surface area (Å²) in [7, 11) is 0. The highest BCUT2D eigenvalue weighted by atomic mass is 79.9. The van der Waals surface area contributed by atoms with Gasteiger partial charge in [-0.2, -0.15) is 0 Å². The van der Waals surface area contributed by atoms with E-state index in [1.165, 1.54) is 0 Å². The summed E-state index contributed by atoms with van der Waals surface area (Å²) in [6, 6.07) is 11.9. The highest BCUT2D eigenvalue weighted by molar-refractivity contribution is 9.11.